The number of benzene rings is 1. The summed E-state index contributed by atoms with van der Waals surface area (Å²) in [5, 5.41) is 21.9. The highest BCUT2D eigenvalue weighted by Gasteiger charge is 2.15. The Morgan fingerprint density at radius 3 is 2.80 bits per heavy atom. The fourth-order valence-electron chi connectivity index (χ4n) is 0.961. The summed E-state index contributed by atoms with van der Waals surface area (Å²) in [6.45, 7) is 3.22. The van der Waals surface area contributed by atoms with Gasteiger partial charge in [0.1, 0.15) is 11.4 Å². The van der Waals surface area contributed by atoms with Crippen molar-refractivity contribution in [2.75, 3.05) is 5.32 Å². The van der Waals surface area contributed by atoms with E-state index in [1.165, 1.54) is 12.1 Å². The van der Waals surface area contributed by atoms with Gasteiger partial charge in [-0.1, -0.05) is 6.58 Å². The molecule has 0 unspecified atom stereocenters. The molecule has 6 nitrogen and oxygen atoms in total. The maximum atomic E-state index is 10.9. The molecule has 1 aromatic rings. The van der Waals surface area contributed by atoms with Gasteiger partial charge in [-0.2, -0.15) is 0 Å². The first kappa shape index (κ1) is 10.7. The standard InChI is InChI=1S/C9H8N2O4/c1-2-9(13)10-7-4-3-6(12)5-8(7)11(14)15/h2-5,12H,1H2,(H,10,13). The number of nitrogens with zero attached hydrogens (tertiary/aromatic N) is 1. The van der Waals surface area contributed by atoms with E-state index in [4.69, 9.17) is 5.11 Å². The normalized spacial score (nSPS) is 9.33. The number of hydrogen-bond acceptors (Lipinski definition) is 4. The second-order valence-corrected chi connectivity index (χ2v) is 2.65. The molecule has 0 spiro atoms. The molecule has 0 aliphatic heterocycles. The quantitative estimate of drug-likeness (QED) is 0.340. The van der Waals surface area contributed by atoms with E-state index in [1.807, 2.05) is 0 Å². The Morgan fingerprint density at radius 2 is 2.27 bits per heavy atom. The molecule has 2 N–H and O–H groups in total. The highest BCUT2D eigenvalue weighted by atomic mass is 16.6. The Hall–Kier alpha value is -2.37. The van der Waals surface area contributed by atoms with E-state index in [2.05, 4.69) is 11.9 Å². The van der Waals surface area contributed by atoms with Crippen molar-refractivity contribution in [3.8, 4) is 5.75 Å². The van der Waals surface area contributed by atoms with E-state index in [9.17, 15) is 14.9 Å². The lowest BCUT2D eigenvalue weighted by atomic mass is 10.2. The van der Waals surface area contributed by atoms with Crippen LogP contribution in [0, 0.1) is 10.1 Å². The van der Waals surface area contributed by atoms with E-state index in [1.54, 1.807) is 0 Å². The molecule has 1 amide bonds. The molecule has 1 rings (SSSR count). The van der Waals surface area contributed by atoms with Crippen LogP contribution in [0.2, 0.25) is 0 Å². The zero-order valence-corrected chi connectivity index (χ0v) is 7.64. The van der Waals surface area contributed by atoms with Crippen molar-refractivity contribution in [3.05, 3.63) is 41.0 Å². The summed E-state index contributed by atoms with van der Waals surface area (Å²) in [6.07, 6.45) is 0.997. The smallest absolute Gasteiger partial charge is 0.296 e. The van der Waals surface area contributed by atoms with Gasteiger partial charge >= 0.3 is 0 Å². The Bertz CT molecular complexity index is 428. The van der Waals surface area contributed by atoms with Gasteiger partial charge in [0.2, 0.25) is 5.91 Å². The van der Waals surface area contributed by atoms with Crippen LogP contribution < -0.4 is 5.32 Å². The van der Waals surface area contributed by atoms with Crippen LogP contribution in [0.4, 0.5) is 11.4 Å². The molecule has 0 aliphatic rings. The number of nitro groups is 1. The molecule has 0 fully saturated rings. The molecule has 0 bridgehead atoms. The number of carbonyl (C=O) groups is 1. The van der Waals surface area contributed by atoms with Crippen molar-refractivity contribution in [2.45, 2.75) is 0 Å². The number of nitro benzene ring substituents is 1. The van der Waals surface area contributed by atoms with Gasteiger partial charge in [-0.05, 0) is 18.2 Å². The van der Waals surface area contributed by atoms with Crippen molar-refractivity contribution in [1.82, 2.24) is 0 Å². The number of phenolic OH excluding ortho intramolecular Hbond substituents is 1. The van der Waals surface area contributed by atoms with Gasteiger partial charge < -0.3 is 10.4 Å². The van der Waals surface area contributed by atoms with E-state index in [-0.39, 0.29) is 17.1 Å². The summed E-state index contributed by atoms with van der Waals surface area (Å²) in [7, 11) is 0. The maximum absolute atomic E-state index is 10.9. The minimum absolute atomic E-state index is 0.0164. The number of anilines is 1. The minimum Gasteiger partial charge on any atom is -0.508 e. The molecule has 6 heteroatoms. The second-order valence-electron chi connectivity index (χ2n) is 2.65. The van der Waals surface area contributed by atoms with Crippen molar-refractivity contribution >= 4 is 17.3 Å². The molecule has 0 aliphatic carbocycles. The van der Waals surface area contributed by atoms with E-state index in [0.717, 1.165) is 12.1 Å². The molecule has 0 radical (unpaired) electrons. The second kappa shape index (κ2) is 4.23. The van der Waals surface area contributed by atoms with Crippen LogP contribution in [0.25, 0.3) is 0 Å². The molecular weight excluding hydrogens is 200 g/mol. The molecule has 1 aromatic carbocycles. The lowest BCUT2D eigenvalue weighted by molar-refractivity contribution is -0.384. The van der Waals surface area contributed by atoms with Gasteiger partial charge in [0.15, 0.2) is 0 Å². The van der Waals surface area contributed by atoms with Crippen LogP contribution in [-0.4, -0.2) is 15.9 Å². The van der Waals surface area contributed by atoms with E-state index < -0.39 is 10.8 Å². The monoisotopic (exact) mass is 208 g/mol. The number of rotatable bonds is 3. The van der Waals surface area contributed by atoms with Crippen molar-refractivity contribution in [3.63, 3.8) is 0 Å². The Labute approximate surface area is 85.0 Å². The molecule has 0 aromatic heterocycles. The molecule has 15 heavy (non-hydrogen) atoms. The lowest BCUT2D eigenvalue weighted by Gasteiger charge is -2.03. The van der Waals surface area contributed by atoms with Gasteiger partial charge in [0.05, 0.1) is 11.0 Å². The van der Waals surface area contributed by atoms with E-state index >= 15 is 0 Å². The topological polar surface area (TPSA) is 92.5 Å². The Morgan fingerprint density at radius 1 is 1.60 bits per heavy atom. The van der Waals surface area contributed by atoms with Gasteiger partial charge in [0, 0.05) is 0 Å². The van der Waals surface area contributed by atoms with Crippen molar-refractivity contribution in [1.29, 1.82) is 0 Å². The third kappa shape index (κ3) is 2.53. The van der Waals surface area contributed by atoms with Gasteiger partial charge in [-0.15, -0.1) is 0 Å². The molecular formula is C9H8N2O4. The summed E-state index contributed by atoms with van der Waals surface area (Å²) in [6, 6.07) is 3.44. The van der Waals surface area contributed by atoms with Crippen molar-refractivity contribution in [2.24, 2.45) is 0 Å². The summed E-state index contributed by atoms with van der Waals surface area (Å²) in [5.41, 5.74) is -0.354. The van der Waals surface area contributed by atoms with Crippen LogP contribution in [0.15, 0.2) is 30.9 Å². The number of hydrogen-bond donors (Lipinski definition) is 2. The first-order valence-corrected chi connectivity index (χ1v) is 3.95. The third-order valence-corrected chi connectivity index (χ3v) is 1.62. The average Bonchev–Trinajstić information content (AvgIpc) is 2.20. The zero-order valence-electron chi connectivity index (χ0n) is 7.64. The minimum atomic E-state index is -0.696. The largest absolute Gasteiger partial charge is 0.508 e. The third-order valence-electron chi connectivity index (χ3n) is 1.62. The van der Waals surface area contributed by atoms with Crippen LogP contribution in [0.5, 0.6) is 5.75 Å². The van der Waals surface area contributed by atoms with Crippen LogP contribution in [-0.2, 0) is 4.79 Å². The number of nitrogens with one attached hydrogen (secondary N) is 1. The number of aromatic hydroxyl groups is 1. The maximum Gasteiger partial charge on any atom is 0.296 e. The molecule has 0 saturated heterocycles. The van der Waals surface area contributed by atoms with Gasteiger partial charge in [-0.3, -0.25) is 14.9 Å². The molecule has 78 valence electrons. The van der Waals surface area contributed by atoms with Crippen molar-refractivity contribution < 1.29 is 14.8 Å². The van der Waals surface area contributed by atoms with E-state index in [0.29, 0.717) is 0 Å². The summed E-state index contributed by atoms with van der Waals surface area (Å²) in [5.74, 6) is -0.790. The summed E-state index contributed by atoms with van der Waals surface area (Å²) in [4.78, 5) is 20.8. The first-order chi connectivity index (χ1) is 7.04. The molecule has 0 saturated carbocycles. The fourth-order valence-corrected chi connectivity index (χ4v) is 0.961. The van der Waals surface area contributed by atoms with Gasteiger partial charge in [0.25, 0.3) is 5.69 Å². The lowest BCUT2D eigenvalue weighted by Crippen LogP contribution is -2.09. The first-order valence-electron chi connectivity index (χ1n) is 3.95. The number of carbonyl (C=O) groups excluding carboxylic acids is 1. The van der Waals surface area contributed by atoms with Crippen LogP contribution in [0.1, 0.15) is 0 Å². The molecule has 0 atom stereocenters. The predicted octanol–water partition coefficient (Wildman–Crippen LogP) is 1.42. The Balaban J connectivity index is 3.11. The number of phenols is 1. The molecule has 0 heterocycles. The van der Waals surface area contributed by atoms with Crippen LogP contribution in [0.3, 0.4) is 0 Å². The summed E-state index contributed by atoms with van der Waals surface area (Å²) >= 11 is 0. The number of amides is 1. The fraction of sp³-hybridized carbons (Fsp3) is 0. The Kier molecular flexibility index (Phi) is 3.02. The van der Waals surface area contributed by atoms with Gasteiger partial charge in [-0.25, -0.2) is 0 Å². The summed E-state index contributed by atoms with van der Waals surface area (Å²) < 4.78 is 0. The predicted molar refractivity (Wildman–Crippen MR) is 53.6 cm³/mol. The SMILES string of the molecule is C=CC(=O)Nc1ccc(O)cc1[N+](=O)[O-]. The zero-order chi connectivity index (χ0) is 11.4. The average molecular weight is 208 g/mol. The highest BCUT2D eigenvalue weighted by molar-refractivity contribution is 6.00. The highest BCUT2D eigenvalue weighted by Crippen LogP contribution is 2.28. The van der Waals surface area contributed by atoms with Crippen LogP contribution >= 0.6 is 0 Å².